The Hall–Kier alpha value is -0.480. The Morgan fingerprint density at radius 1 is 1.48 bits per heavy atom. The smallest absolute Gasteiger partial charge is 0.250 e. The maximum atomic E-state index is 12.1. The number of halogens is 1. The molecular formula is C12H18BrN3O3S2. The highest BCUT2D eigenvalue weighted by Gasteiger charge is 2.24. The minimum atomic E-state index is -3.62. The van der Waals surface area contributed by atoms with Crippen molar-refractivity contribution in [1.82, 2.24) is 14.9 Å². The molecule has 118 valence electrons. The van der Waals surface area contributed by atoms with Crippen molar-refractivity contribution in [3.63, 3.8) is 0 Å². The summed E-state index contributed by atoms with van der Waals surface area (Å²) in [7, 11) is -1.89. The second-order valence-corrected chi connectivity index (χ2v) is 9.33. The lowest BCUT2D eigenvalue weighted by Gasteiger charge is -2.31. The number of likely N-dealkylation sites (N-methyl/N-ethyl adjacent to an activating group) is 1. The molecule has 0 aromatic carbocycles. The third-order valence-electron chi connectivity index (χ3n) is 3.48. The Bertz CT molecular complexity index is 597. The zero-order valence-corrected chi connectivity index (χ0v) is 14.9. The van der Waals surface area contributed by atoms with Gasteiger partial charge in [0.25, 0.3) is 10.0 Å². The van der Waals surface area contributed by atoms with E-state index in [-0.39, 0.29) is 22.7 Å². The number of nitrogens with one attached hydrogen (secondary N) is 2. The van der Waals surface area contributed by atoms with E-state index in [9.17, 15) is 13.2 Å². The van der Waals surface area contributed by atoms with Crippen molar-refractivity contribution in [2.24, 2.45) is 0 Å². The zero-order chi connectivity index (χ0) is 15.5. The molecule has 2 N–H and O–H groups in total. The summed E-state index contributed by atoms with van der Waals surface area (Å²) in [5.41, 5.74) is 0. The molecule has 0 spiro atoms. The maximum Gasteiger partial charge on any atom is 0.250 e. The molecule has 1 aliphatic heterocycles. The highest BCUT2D eigenvalue weighted by atomic mass is 79.9. The van der Waals surface area contributed by atoms with Crippen LogP contribution in [-0.4, -0.2) is 51.9 Å². The Kier molecular flexibility index (Phi) is 5.78. The first-order valence-electron chi connectivity index (χ1n) is 6.61. The van der Waals surface area contributed by atoms with Crippen molar-refractivity contribution in [3.05, 3.63) is 15.9 Å². The Labute approximate surface area is 137 Å². The van der Waals surface area contributed by atoms with Crippen LogP contribution in [0.3, 0.4) is 0 Å². The summed E-state index contributed by atoms with van der Waals surface area (Å²) in [4.78, 5) is 13.7. The second kappa shape index (κ2) is 7.19. The van der Waals surface area contributed by atoms with Gasteiger partial charge in [-0.3, -0.25) is 4.79 Å². The summed E-state index contributed by atoms with van der Waals surface area (Å²) >= 11 is 4.34. The SMILES string of the molecule is CN(C(=O)CNS(=O)(=O)c1ccc(Br)s1)C1CCNCC1. The van der Waals surface area contributed by atoms with Crippen molar-refractivity contribution >= 4 is 43.2 Å². The molecule has 0 atom stereocenters. The molecular weight excluding hydrogens is 378 g/mol. The summed E-state index contributed by atoms with van der Waals surface area (Å²) < 4.78 is 27.4. The van der Waals surface area contributed by atoms with Gasteiger partial charge in [-0.15, -0.1) is 11.3 Å². The molecule has 0 aliphatic carbocycles. The third-order valence-corrected chi connectivity index (χ3v) is 6.99. The van der Waals surface area contributed by atoms with Gasteiger partial charge in [0.1, 0.15) is 4.21 Å². The fourth-order valence-corrected chi connectivity index (χ4v) is 5.22. The molecule has 2 heterocycles. The quantitative estimate of drug-likeness (QED) is 0.779. The number of hydrogen-bond acceptors (Lipinski definition) is 5. The van der Waals surface area contributed by atoms with Crippen molar-refractivity contribution < 1.29 is 13.2 Å². The number of thiophene rings is 1. The van der Waals surface area contributed by atoms with E-state index in [1.165, 1.54) is 6.07 Å². The van der Waals surface area contributed by atoms with Gasteiger partial charge in [-0.2, -0.15) is 0 Å². The van der Waals surface area contributed by atoms with Gasteiger partial charge in [0.2, 0.25) is 5.91 Å². The van der Waals surface area contributed by atoms with Crippen molar-refractivity contribution in [2.45, 2.75) is 23.1 Å². The lowest BCUT2D eigenvalue weighted by Crippen LogP contribution is -2.47. The van der Waals surface area contributed by atoms with Gasteiger partial charge in [0, 0.05) is 13.1 Å². The average Bonchev–Trinajstić information content (AvgIpc) is 2.92. The van der Waals surface area contributed by atoms with Gasteiger partial charge in [0.05, 0.1) is 10.3 Å². The maximum absolute atomic E-state index is 12.1. The second-order valence-electron chi connectivity index (χ2n) is 4.87. The highest BCUT2D eigenvalue weighted by Crippen LogP contribution is 2.25. The van der Waals surface area contributed by atoms with E-state index in [0.29, 0.717) is 0 Å². The summed E-state index contributed by atoms with van der Waals surface area (Å²) in [5.74, 6) is -0.207. The summed E-state index contributed by atoms with van der Waals surface area (Å²) in [6, 6.07) is 3.36. The molecule has 6 nitrogen and oxygen atoms in total. The van der Waals surface area contributed by atoms with Crippen LogP contribution in [0.15, 0.2) is 20.1 Å². The van der Waals surface area contributed by atoms with E-state index in [1.54, 1.807) is 18.0 Å². The summed E-state index contributed by atoms with van der Waals surface area (Å²) in [6.45, 7) is 1.56. The first-order valence-corrected chi connectivity index (χ1v) is 9.71. The van der Waals surface area contributed by atoms with E-state index in [2.05, 4.69) is 26.0 Å². The summed E-state index contributed by atoms with van der Waals surface area (Å²) in [5, 5.41) is 3.24. The third kappa shape index (κ3) is 4.49. The average molecular weight is 396 g/mol. The molecule has 1 amide bonds. The van der Waals surface area contributed by atoms with Gasteiger partial charge >= 0.3 is 0 Å². The molecule has 1 aromatic heterocycles. The molecule has 1 aliphatic rings. The molecule has 9 heteroatoms. The summed E-state index contributed by atoms with van der Waals surface area (Å²) in [6.07, 6.45) is 1.79. The van der Waals surface area contributed by atoms with Crippen LogP contribution in [0.25, 0.3) is 0 Å². The lowest BCUT2D eigenvalue weighted by atomic mass is 10.1. The molecule has 0 unspecified atom stereocenters. The zero-order valence-electron chi connectivity index (χ0n) is 11.6. The van der Waals surface area contributed by atoms with Crippen molar-refractivity contribution in [1.29, 1.82) is 0 Å². The molecule has 0 bridgehead atoms. The van der Waals surface area contributed by atoms with Crippen molar-refractivity contribution in [2.75, 3.05) is 26.7 Å². The molecule has 1 fully saturated rings. The predicted molar refractivity (Wildman–Crippen MR) is 85.9 cm³/mol. The number of piperidine rings is 1. The van der Waals surface area contributed by atoms with Crippen LogP contribution in [0.1, 0.15) is 12.8 Å². The first kappa shape index (κ1) is 16.9. The predicted octanol–water partition coefficient (Wildman–Crippen LogP) is 0.999. The molecule has 21 heavy (non-hydrogen) atoms. The van der Waals surface area contributed by atoms with E-state index in [4.69, 9.17) is 0 Å². The minimum Gasteiger partial charge on any atom is -0.342 e. The Morgan fingerprint density at radius 2 is 2.14 bits per heavy atom. The van der Waals surface area contributed by atoms with Crippen LogP contribution >= 0.6 is 27.3 Å². The van der Waals surface area contributed by atoms with Crippen LogP contribution in [0.2, 0.25) is 0 Å². The van der Waals surface area contributed by atoms with Gasteiger partial charge in [-0.05, 0) is 54.0 Å². The molecule has 0 saturated carbocycles. The molecule has 2 rings (SSSR count). The highest BCUT2D eigenvalue weighted by molar-refractivity contribution is 9.11. The van der Waals surface area contributed by atoms with Crippen molar-refractivity contribution in [3.8, 4) is 0 Å². The van der Waals surface area contributed by atoms with Crippen LogP contribution in [0.5, 0.6) is 0 Å². The lowest BCUT2D eigenvalue weighted by molar-refractivity contribution is -0.131. The monoisotopic (exact) mass is 395 g/mol. The van der Waals surface area contributed by atoms with E-state index < -0.39 is 10.0 Å². The number of hydrogen-bond donors (Lipinski definition) is 2. The van der Waals surface area contributed by atoms with Crippen LogP contribution < -0.4 is 10.0 Å². The Balaban J connectivity index is 1.91. The minimum absolute atomic E-state index is 0.180. The number of carbonyl (C=O) groups excluding carboxylic acids is 1. The molecule has 1 aromatic rings. The fraction of sp³-hybridized carbons (Fsp3) is 0.583. The van der Waals surface area contributed by atoms with E-state index in [0.717, 1.165) is 41.1 Å². The largest absolute Gasteiger partial charge is 0.342 e. The van der Waals surface area contributed by atoms with Crippen LogP contribution in [0.4, 0.5) is 0 Å². The van der Waals surface area contributed by atoms with E-state index in [1.807, 2.05) is 0 Å². The van der Waals surface area contributed by atoms with E-state index >= 15 is 0 Å². The number of carbonyl (C=O) groups is 1. The number of nitrogens with zero attached hydrogens (tertiary/aromatic N) is 1. The normalized spacial score (nSPS) is 16.9. The number of amides is 1. The van der Waals surface area contributed by atoms with Crippen LogP contribution in [0, 0.1) is 0 Å². The van der Waals surface area contributed by atoms with Gasteiger partial charge in [-0.25, -0.2) is 13.1 Å². The van der Waals surface area contributed by atoms with Crippen LogP contribution in [-0.2, 0) is 14.8 Å². The number of rotatable bonds is 5. The first-order chi connectivity index (χ1) is 9.90. The van der Waals surface area contributed by atoms with Gasteiger partial charge in [0.15, 0.2) is 0 Å². The van der Waals surface area contributed by atoms with Gasteiger partial charge in [-0.1, -0.05) is 0 Å². The van der Waals surface area contributed by atoms with Gasteiger partial charge < -0.3 is 10.2 Å². The standard InChI is InChI=1S/C12H18BrN3O3S2/c1-16(9-4-6-14-7-5-9)11(17)8-15-21(18,19)12-3-2-10(13)20-12/h2-3,9,14-15H,4-8H2,1H3. The molecule has 1 saturated heterocycles. The number of sulfonamides is 1. The molecule has 0 radical (unpaired) electrons. The Morgan fingerprint density at radius 3 is 2.71 bits per heavy atom. The topological polar surface area (TPSA) is 78.5 Å². The fourth-order valence-electron chi connectivity index (χ4n) is 2.19.